The summed E-state index contributed by atoms with van der Waals surface area (Å²) in [5.41, 5.74) is 1.06. The van der Waals surface area contributed by atoms with E-state index in [1.807, 2.05) is 42.9 Å². The molecule has 0 aliphatic heterocycles. The van der Waals surface area contributed by atoms with Crippen LogP contribution in [0, 0.1) is 0 Å². The molecule has 0 fully saturated rings. The lowest BCUT2D eigenvalue weighted by molar-refractivity contribution is 0.484. The summed E-state index contributed by atoms with van der Waals surface area (Å²) in [6.07, 6.45) is 6.68. The van der Waals surface area contributed by atoms with Gasteiger partial charge >= 0.3 is 0 Å². The van der Waals surface area contributed by atoms with Gasteiger partial charge in [0.15, 0.2) is 0 Å². The van der Waals surface area contributed by atoms with Crippen LogP contribution in [0.4, 0.5) is 0 Å². The second kappa shape index (κ2) is 7.95. The van der Waals surface area contributed by atoms with Gasteiger partial charge in [-0.1, -0.05) is 15.9 Å². The Balaban J connectivity index is 1.49. The maximum atomic E-state index is 5.92. The van der Waals surface area contributed by atoms with Crippen LogP contribution in [0.15, 0.2) is 62.4 Å². The summed E-state index contributed by atoms with van der Waals surface area (Å²) in [7, 11) is 0. The lowest BCUT2D eigenvalue weighted by Gasteiger charge is -2.04. The third-order valence-corrected chi connectivity index (χ3v) is 4.64. The number of nitrogens with zero attached hydrogens (tertiary/aromatic N) is 2. The maximum Gasteiger partial charge on any atom is 0.135 e. The van der Waals surface area contributed by atoms with Crippen molar-refractivity contribution in [1.29, 1.82) is 0 Å². The molecule has 0 amide bonds. The molecule has 0 aliphatic carbocycles. The molecular formula is C17H17Br2N3O. The van der Waals surface area contributed by atoms with Crippen LogP contribution in [0.3, 0.4) is 0 Å². The van der Waals surface area contributed by atoms with Crippen LogP contribution in [-0.4, -0.2) is 16.1 Å². The molecule has 0 aliphatic rings. The summed E-state index contributed by atoms with van der Waals surface area (Å²) in [5, 5.41) is 3.41. The van der Waals surface area contributed by atoms with Gasteiger partial charge in [-0.25, -0.2) is 4.98 Å². The molecule has 0 bridgehead atoms. The van der Waals surface area contributed by atoms with Gasteiger partial charge in [0.05, 0.1) is 12.9 Å². The minimum Gasteiger partial charge on any atom is -0.460 e. The first-order valence-corrected chi connectivity index (χ1v) is 9.01. The quantitative estimate of drug-likeness (QED) is 0.536. The van der Waals surface area contributed by atoms with Crippen molar-refractivity contribution < 1.29 is 4.42 Å². The molecule has 23 heavy (non-hydrogen) atoms. The zero-order chi connectivity index (χ0) is 16.1. The first-order chi connectivity index (χ1) is 11.2. The maximum absolute atomic E-state index is 5.92. The number of imidazole rings is 1. The van der Waals surface area contributed by atoms with E-state index >= 15 is 0 Å². The molecule has 0 radical (unpaired) electrons. The van der Waals surface area contributed by atoms with Crippen LogP contribution in [-0.2, 0) is 13.1 Å². The van der Waals surface area contributed by atoms with Crippen LogP contribution >= 0.6 is 31.9 Å². The average Bonchev–Trinajstić information content (AvgIpc) is 3.18. The standard InChI is InChI=1S/C17H17Br2N3O/c18-13-2-4-15(16(19)10-13)17-5-3-14(23-17)11-20-6-1-8-22-9-7-21-12-22/h2-5,7,9-10,12,20H,1,6,8,11H2. The third kappa shape index (κ3) is 4.56. The molecule has 0 atom stereocenters. The topological polar surface area (TPSA) is 43.0 Å². The lowest BCUT2D eigenvalue weighted by atomic mass is 10.2. The van der Waals surface area contributed by atoms with Crippen molar-refractivity contribution in [2.75, 3.05) is 6.54 Å². The van der Waals surface area contributed by atoms with Crippen LogP contribution < -0.4 is 5.32 Å². The highest BCUT2D eigenvalue weighted by Gasteiger charge is 2.08. The van der Waals surface area contributed by atoms with Gasteiger partial charge < -0.3 is 14.3 Å². The zero-order valence-corrected chi connectivity index (χ0v) is 15.7. The number of halogens is 2. The van der Waals surface area contributed by atoms with Gasteiger partial charge in [0.1, 0.15) is 11.5 Å². The summed E-state index contributed by atoms with van der Waals surface area (Å²) < 4.78 is 10.1. The molecule has 0 saturated carbocycles. The number of benzene rings is 1. The molecule has 1 N–H and O–H groups in total. The van der Waals surface area contributed by atoms with E-state index in [2.05, 4.69) is 46.7 Å². The van der Waals surface area contributed by atoms with Crippen molar-refractivity contribution in [3.8, 4) is 11.3 Å². The molecule has 6 heteroatoms. The fourth-order valence-corrected chi connectivity index (χ4v) is 3.57. The SMILES string of the molecule is Brc1ccc(-c2ccc(CNCCCn3ccnc3)o2)c(Br)c1. The minimum absolute atomic E-state index is 0.734. The van der Waals surface area contributed by atoms with E-state index in [4.69, 9.17) is 4.42 Å². The second-order valence-corrected chi connectivity index (χ2v) is 6.99. The Labute approximate surface area is 152 Å². The molecule has 1 aromatic carbocycles. The van der Waals surface area contributed by atoms with Gasteiger partial charge in [0, 0.05) is 33.4 Å². The molecule has 2 aromatic heterocycles. The highest BCUT2D eigenvalue weighted by Crippen LogP contribution is 2.31. The largest absolute Gasteiger partial charge is 0.460 e. The van der Waals surface area contributed by atoms with E-state index in [-0.39, 0.29) is 0 Å². The smallest absolute Gasteiger partial charge is 0.135 e. The Kier molecular flexibility index (Phi) is 5.70. The Morgan fingerprint density at radius 1 is 1.17 bits per heavy atom. The highest BCUT2D eigenvalue weighted by molar-refractivity contribution is 9.11. The summed E-state index contributed by atoms with van der Waals surface area (Å²) >= 11 is 7.03. The van der Waals surface area contributed by atoms with E-state index < -0.39 is 0 Å². The fourth-order valence-electron chi connectivity index (χ4n) is 2.32. The molecule has 3 rings (SSSR count). The summed E-state index contributed by atoms with van der Waals surface area (Å²) in [6, 6.07) is 10.1. The number of nitrogens with one attached hydrogen (secondary N) is 1. The molecule has 0 unspecified atom stereocenters. The van der Waals surface area contributed by atoms with Crippen molar-refractivity contribution in [3.05, 3.63) is 63.8 Å². The van der Waals surface area contributed by atoms with Crippen molar-refractivity contribution in [2.24, 2.45) is 0 Å². The van der Waals surface area contributed by atoms with Crippen molar-refractivity contribution >= 4 is 31.9 Å². The number of furan rings is 1. The minimum atomic E-state index is 0.734. The lowest BCUT2D eigenvalue weighted by Crippen LogP contribution is -2.15. The number of hydrogen-bond acceptors (Lipinski definition) is 3. The Hall–Kier alpha value is -1.37. The number of aromatic nitrogens is 2. The summed E-state index contributed by atoms with van der Waals surface area (Å²) in [6.45, 7) is 2.65. The average molecular weight is 439 g/mol. The predicted octanol–water partition coefficient (Wildman–Crippen LogP) is 4.85. The van der Waals surface area contributed by atoms with E-state index in [0.29, 0.717) is 0 Å². The number of rotatable bonds is 7. The normalized spacial score (nSPS) is 11.0. The predicted molar refractivity (Wildman–Crippen MR) is 98.1 cm³/mol. The first-order valence-electron chi connectivity index (χ1n) is 7.43. The van der Waals surface area contributed by atoms with E-state index in [0.717, 1.165) is 52.1 Å². The first kappa shape index (κ1) is 16.5. The summed E-state index contributed by atoms with van der Waals surface area (Å²) in [4.78, 5) is 4.03. The molecule has 0 saturated heterocycles. The van der Waals surface area contributed by atoms with Gasteiger partial charge in [0.25, 0.3) is 0 Å². The molecule has 4 nitrogen and oxygen atoms in total. The molecule has 2 heterocycles. The fraction of sp³-hybridized carbons (Fsp3) is 0.235. The monoisotopic (exact) mass is 437 g/mol. The molecular weight excluding hydrogens is 422 g/mol. The molecule has 120 valence electrons. The van der Waals surface area contributed by atoms with Crippen LogP contribution in [0.2, 0.25) is 0 Å². The third-order valence-electron chi connectivity index (χ3n) is 3.49. The Bertz CT molecular complexity index is 753. The van der Waals surface area contributed by atoms with E-state index in [1.165, 1.54) is 0 Å². The Morgan fingerprint density at radius 2 is 2.09 bits per heavy atom. The Morgan fingerprint density at radius 3 is 2.87 bits per heavy atom. The summed E-state index contributed by atoms with van der Waals surface area (Å²) in [5.74, 6) is 1.82. The van der Waals surface area contributed by atoms with Gasteiger partial charge in [-0.05, 0) is 59.2 Å². The molecule has 0 spiro atoms. The van der Waals surface area contributed by atoms with Gasteiger partial charge in [-0.15, -0.1) is 0 Å². The zero-order valence-electron chi connectivity index (χ0n) is 12.5. The van der Waals surface area contributed by atoms with Crippen molar-refractivity contribution in [3.63, 3.8) is 0 Å². The number of aryl methyl sites for hydroxylation is 1. The van der Waals surface area contributed by atoms with E-state index in [9.17, 15) is 0 Å². The molecule has 3 aromatic rings. The van der Waals surface area contributed by atoms with Gasteiger partial charge in [-0.2, -0.15) is 0 Å². The van der Waals surface area contributed by atoms with E-state index in [1.54, 1.807) is 6.20 Å². The van der Waals surface area contributed by atoms with Gasteiger partial charge in [0.2, 0.25) is 0 Å². The van der Waals surface area contributed by atoms with Crippen LogP contribution in [0.25, 0.3) is 11.3 Å². The van der Waals surface area contributed by atoms with Crippen molar-refractivity contribution in [2.45, 2.75) is 19.5 Å². The number of hydrogen-bond donors (Lipinski definition) is 1. The second-order valence-electron chi connectivity index (χ2n) is 5.22. The highest BCUT2D eigenvalue weighted by atomic mass is 79.9. The van der Waals surface area contributed by atoms with Crippen LogP contribution in [0.1, 0.15) is 12.2 Å². The van der Waals surface area contributed by atoms with Crippen LogP contribution in [0.5, 0.6) is 0 Å². The van der Waals surface area contributed by atoms with Gasteiger partial charge in [-0.3, -0.25) is 0 Å². The van der Waals surface area contributed by atoms with Crippen molar-refractivity contribution in [1.82, 2.24) is 14.9 Å².